The van der Waals surface area contributed by atoms with E-state index in [0.717, 1.165) is 42.3 Å². The Balaban J connectivity index is 2.34. The highest BCUT2D eigenvalue weighted by Gasteiger charge is 2.00. The molecule has 0 bridgehead atoms. The standard InChI is InChI=1S/C12H18ClNO/c1-10-11(13)6-5-7-12(10)14-8-3-4-9-15-2/h5-7,14H,3-4,8-9H2,1-2H3. The average Bonchev–Trinajstić information content (AvgIpc) is 2.24. The van der Waals surface area contributed by atoms with E-state index >= 15 is 0 Å². The van der Waals surface area contributed by atoms with Crippen molar-refractivity contribution in [1.29, 1.82) is 0 Å². The number of anilines is 1. The Morgan fingerprint density at radius 1 is 1.33 bits per heavy atom. The van der Waals surface area contributed by atoms with Gasteiger partial charge in [-0.15, -0.1) is 0 Å². The van der Waals surface area contributed by atoms with Crippen molar-refractivity contribution < 1.29 is 4.74 Å². The van der Waals surface area contributed by atoms with Gasteiger partial charge in [0, 0.05) is 31.0 Å². The predicted molar refractivity (Wildman–Crippen MR) is 65.8 cm³/mol. The van der Waals surface area contributed by atoms with Crippen LogP contribution in [0.2, 0.25) is 5.02 Å². The SMILES string of the molecule is COCCCCNc1cccc(Cl)c1C. The third-order valence-corrected chi connectivity index (χ3v) is 2.77. The maximum atomic E-state index is 6.02. The van der Waals surface area contributed by atoms with Gasteiger partial charge >= 0.3 is 0 Å². The Labute approximate surface area is 96.6 Å². The lowest BCUT2D eigenvalue weighted by atomic mass is 10.2. The summed E-state index contributed by atoms with van der Waals surface area (Å²) in [7, 11) is 1.73. The number of ether oxygens (including phenoxy) is 1. The second kappa shape index (κ2) is 6.70. The number of hydrogen-bond acceptors (Lipinski definition) is 2. The molecule has 0 fully saturated rings. The Morgan fingerprint density at radius 3 is 2.87 bits per heavy atom. The van der Waals surface area contributed by atoms with Gasteiger partial charge in [-0.05, 0) is 37.5 Å². The van der Waals surface area contributed by atoms with Gasteiger partial charge in [0.05, 0.1) is 0 Å². The highest BCUT2D eigenvalue weighted by Crippen LogP contribution is 2.22. The van der Waals surface area contributed by atoms with Crippen LogP contribution in [-0.2, 0) is 4.74 Å². The normalized spacial score (nSPS) is 10.3. The molecule has 0 unspecified atom stereocenters. The van der Waals surface area contributed by atoms with Crippen molar-refractivity contribution in [3.8, 4) is 0 Å². The molecule has 0 radical (unpaired) electrons. The second-order valence-corrected chi connectivity index (χ2v) is 3.95. The van der Waals surface area contributed by atoms with Crippen molar-refractivity contribution >= 4 is 17.3 Å². The van der Waals surface area contributed by atoms with Crippen LogP contribution < -0.4 is 5.32 Å². The molecular formula is C12H18ClNO. The van der Waals surface area contributed by atoms with Crippen molar-refractivity contribution in [2.24, 2.45) is 0 Å². The number of halogens is 1. The zero-order chi connectivity index (χ0) is 11.1. The van der Waals surface area contributed by atoms with E-state index < -0.39 is 0 Å². The lowest BCUT2D eigenvalue weighted by Crippen LogP contribution is -2.04. The van der Waals surface area contributed by atoms with Gasteiger partial charge in [0.25, 0.3) is 0 Å². The van der Waals surface area contributed by atoms with Crippen LogP contribution in [0.3, 0.4) is 0 Å². The summed E-state index contributed by atoms with van der Waals surface area (Å²) in [5.74, 6) is 0. The molecule has 1 aromatic carbocycles. The average molecular weight is 228 g/mol. The fourth-order valence-corrected chi connectivity index (χ4v) is 1.57. The maximum Gasteiger partial charge on any atom is 0.0462 e. The van der Waals surface area contributed by atoms with Gasteiger partial charge in [0.1, 0.15) is 0 Å². The fourth-order valence-electron chi connectivity index (χ4n) is 1.39. The molecule has 0 aromatic heterocycles. The molecular weight excluding hydrogens is 210 g/mol. The van der Waals surface area contributed by atoms with Gasteiger partial charge in [-0.1, -0.05) is 17.7 Å². The molecule has 1 N–H and O–H groups in total. The van der Waals surface area contributed by atoms with E-state index in [9.17, 15) is 0 Å². The van der Waals surface area contributed by atoms with Crippen molar-refractivity contribution in [1.82, 2.24) is 0 Å². The van der Waals surface area contributed by atoms with Crippen LogP contribution >= 0.6 is 11.6 Å². The molecule has 0 saturated heterocycles. The third kappa shape index (κ3) is 4.10. The Bertz CT molecular complexity index is 302. The number of unbranched alkanes of at least 4 members (excludes halogenated alkanes) is 1. The summed E-state index contributed by atoms with van der Waals surface area (Å²) in [5, 5.41) is 4.19. The molecule has 15 heavy (non-hydrogen) atoms. The zero-order valence-electron chi connectivity index (χ0n) is 9.35. The molecule has 0 aliphatic carbocycles. The Kier molecular flexibility index (Phi) is 5.51. The number of nitrogens with one attached hydrogen (secondary N) is 1. The molecule has 0 amide bonds. The number of hydrogen-bond donors (Lipinski definition) is 1. The summed E-state index contributed by atoms with van der Waals surface area (Å²) in [6.45, 7) is 3.82. The van der Waals surface area contributed by atoms with Gasteiger partial charge in [0.2, 0.25) is 0 Å². The van der Waals surface area contributed by atoms with Crippen molar-refractivity contribution in [3.05, 3.63) is 28.8 Å². The van der Waals surface area contributed by atoms with Gasteiger partial charge in [-0.2, -0.15) is 0 Å². The summed E-state index contributed by atoms with van der Waals surface area (Å²) in [6.07, 6.45) is 2.20. The van der Waals surface area contributed by atoms with Crippen molar-refractivity contribution in [2.45, 2.75) is 19.8 Å². The zero-order valence-corrected chi connectivity index (χ0v) is 10.1. The Morgan fingerprint density at radius 2 is 2.13 bits per heavy atom. The summed E-state index contributed by atoms with van der Waals surface area (Å²) < 4.78 is 4.99. The summed E-state index contributed by atoms with van der Waals surface area (Å²) in [5.41, 5.74) is 2.24. The van der Waals surface area contributed by atoms with Gasteiger partial charge in [-0.25, -0.2) is 0 Å². The Hall–Kier alpha value is -0.730. The first-order valence-corrected chi connectivity index (χ1v) is 5.61. The largest absolute Gasteiger partial charge is 0.385 e. The monoisotopic (exact) mass is 227 g/mol. The predicted octanol–water partition coefficient (Wildman–Crippen LogP) is 3.49. The van der Waals surface area contributed by atoms with Gasteiger partial charge in [-0.3, -0.25) is 0 Å². The molecule has 0 aliphatic rings. The van der Waals surface area contributed by atoms with E-state index in [2.05, 4.69) is 11.4 Å². The minimum absolute atomic E-state index is 0.817. The summed E-state index contributed by atoms with van der Waals surface area (Å²) >= 11 is 6.02. The molecule has 3 heteroatoms. The van der Waals surface area contributed by atoms with E-state index in [0.29, 0.717) is 0 Å². The minimum Gasteiger partial charge on any atom is -0.385 e. The number of rotatable bonds is 6. The quantitative estimate of drug-likeness (QED) is 0.752. The van der Waals surface area contributed by atoms with E-state index in [1.54, 1.807) is 7.11 Å². The topological polar surface area (TPSA) is 21.3 Å². The smallest absolute Gasteiger partial charge is 0.0462 e. The minimum atomic E-state index is 0.817. The van der Waals surface area contributed by atoms with E-state index in [1.165, 1.54) is 0 Å². The van der Waals surface area contributed by atoms with E-state index in [4.69, 9.17) is 16.3 Å². The molecule has 2 nitrogen and oxygen atoms in total. The molecule has 0 saturated carbocycles. The lowest BCUT2D eigenvalue weighted by molar-refractivity contribution is 0.194. The number of methoxy groups -OCH3 is 1. The highest BCUT2D eigenvalue weighted by molar-refractivity contribution is 6.31. The summed E-state index contributed by atoms with van der Waals surface area (Å²) in [4.78, 5) is 0. The van der Waals surface area contributed by atoms with Crippen molar-refractivity contribution in [2.75, 3.05) is 25.6 Å². The van der Waals surface area contributed by atoms with E-state index in [-0.39, 0.29) is 0 Å². The molecule has 0 aliphatic heterocycles. The fraction of sp³-hybridized carbons (Fsp3) is 0.500. The maximum absolute atomic E-state index is 6.02. The molecule has 0 heterocycles. The molecule has 84 valence electrons. The van der Waals surface area contributed by atoms with Crippen LogP contribution in [0.15, 0.2) is 18.2 Å². The first kappa shape index (κ1) is 12.3. The number of benzene rings is 1. The van der Waals surface area contributed by atoms with Crippen LogP contribution in [0.1, 0.15) is 18.4 Å². The first-order chi connectivity index (χ1) is 7.25. The van der Waals surface area contributed by atoms with Crippen LogP contribution in [0, 0.1) is 6.92 Å². The van der Waals surface area contributed by atoms with Crippen LogP contribution in [0.5, 0.6) is 0 Å². The van der Waals surface area contributed by atoms with Crippen molar-refractivity contribution in [3.63, 3.8) is 0 Å². The molecule has 0 atom stereocenters. The van der Waals surface area contributed by atoms with Gasteiger partial charge in [0.15, 0.2) is 0 Å². The molecule has 0 spiro atoms. The lowest BCUT2D eigenvalue weighted by Gasteiger charge is -2.10. The van der Waals surface area contributed by atoms with Crippen LogP contribution in [0.4, 0.5) is 5.69 Å². The first-order valence-electron chi connectivity index (χ1n) is 5.23. The van der Waals surface area contributed by atoms with Crippen LogP contribution in [-0.4, -0.2) is 20.3 Å². The summed E-state index contributed by atoms with van der Waals surface area (Å²) in [6, 6.07) is 5.93. The molecule has 1 aromatic rings. The third-order valence-electron chi connectivity index (χ3n) is 2.36. The second-order valence-electron chi connectivity index (χ2n) is 3.54. The molecule has 1 rings (SSSR count). The highest BCUT2D eigenvalue weighted by atomic mass is 35.5. The van der Waals surface area contributed by atoms with E-state index in [1.807, 2.05) is 19.1 Å². The van der Waals surface area contributed by atoms with Gasteiger partial charge < -0.3 is 10.1 Å². The van der Waals surface area contributed by atoms with Crippen LogP contribution in [0.25, 0.3) is 0 Å².